The number of methoxy groups -OCH3 is 1. The molecule has 0 unspecified atom stereocenters. The van der Waals surface area contributed by atoms with Crippen LogP contribution in [0.3, 0.4) is 0 Å². The summed E-state index contributed by atoms with van der Waals surface area (Å²) in [6.07, 6.45) is 4.32. The molecule has 0 aliphatic heterocycles. The van der Waals surface area contributed by atoms with E-state index < -0.39 is 5.97 Å². The molecule has 0 saturated heterocycles. The Kier molecular flexibility index (Phi) is 7.78. The third kappa shape index (κ3) is 6.55. The molecule has 0 saturated carbocycles. The minimum Gasteiger partial charge on any atom is -0.497 e. The highest BCUT2D eigenvalue weighted by Crippen LogP contribution is 2.22. The predicted octanol–water partition coefficient (Wildman–Crippen LogP) is 5.04. The second-order valence-corrected chi connectivity index (χ2v) is 7.21. The van der Waals surface area contributed by atoms with E-state index in [1.54, 1.807) is 55.7 Å². The van der Waals surface area contributed by atoms with E-state index in [0.29, 0.717) is 16.1 Å². The van der Waals surface area contributed by atoms with Gasteiger partial charge >= 0.3 is 5.97 Å². The van der Waals surface area contributed by atoms with Crippen LogP contribution < -0.4 is 14.9 Å². The van der Waals surface area contributed by atoms with E-state index in [1.165, 1.54) is 12.3 Å². The first-order valence-electron chi connectivity index (χ1n) is 9.68. The lowest BCUT2D eigenvalue weighted by Crippen LogP contribution is -2.17. The van der Waals surface area contributed by atoms with Crippen LogP contribution in [0, 0.1) is 6.92 Å². The van der Waals surface area contributed by atoms with E-state index in [9.17, 15) is 9.59 Å². The molecule has 6 nitrogen and oxygen atoms in total. The number of amides is 1. The van der Waals surface area contributed by atoms with Crippen molar-refractivity contribution in [1.82, 2.24) is 5.43 Å². The first kappa shape index (κ1) is 22.8. The summed E-state index contributed by atoms with van der Waals surface area (Å²) in [5.74, 6) is 0.0575. The Morgan fingerprint density at radius 1 is 1.00 bits per heavy atom. The van der Waals surface area contributed by atoms with Crippen molar-refractivity contribution in [2.45, 2.75) is 6.92 Å². The molecule has 0 heterocycles. The molecule has 1 N–H and O–H groups in total. The van der Waals surface area contributed by atoms with Gasteiger partial charge in [0.2, 0.25) is 0 Å². The summed E-state index contributed by atoms with van der Waals surface area (Å²) in [7, 11) is 1.59. The number of rotatable bonds is 7. The summed E-state index contributed by atoms with van der Waals surface area (Å²) in [5.41, 5.74) is 5.24. The number of aryl methyl sites for hydroxylation is 1. The number of hydrogen-bond acceptors (Lipinski definition) is 5. The fourth-order valence-corrected chi connectivity index (χ4v) is 2.85. The lowest BCUT2D eigenvalue weighted by molar-refractivity contribution is -0.128. The normalized spacial score (nSPS) is 11.0. The Balaban J connectivity index is 1.66. The van der Waals surface area contributed by atoms with E-state index in [4.69, 9.17) is 21.1 Å². The van der Waals surface area contributed by atoms with Crippen LogP contribution >= 0.6 is 11.6 Å². The third-order valence-electron chi connectivity index (χ3n) is 4.39. The second-order valence-electron chi connectivity index (χ2n) is 6.77. The molecule has 0 atom stereocenters. The van der Waals surface area contributed by atoms with Gasteiger partial charge in [0.1, 0.15) is 11.5 Å². The summed E-state index contributed by atoms with van der Waals surface area (Å²) in [4.78, 5) is 24.4. The van der Waals surface area contributed by atoms with E-state index in [0.717, 1.165) is 16.9 Å². The number of hydrazone groups is 1. The van der Waals surface area contributed by atoms with Gasteiger partial charge in [0, 0.05) is 22.2 Å². The van der Waals surface area contributed by atoms with Crippen molar-refractivity contribution in [1.29, 1.82) is 0 Å². The number of nitrogens with one attached hydrogen (secondary N) is 1. The van der Waals surface area contributed by atoms with Crippen LogP contribution in [0.15, 0.2) is 77.9 Å². The zero-order chi connectivity index (χ0) is 22.9. The van der Waals surface area contributed by atoms with Gasteiger partial charge in [-0.15, -0.1) is 0 Å². The predicted molar refractivity (Wildman–Crippen MR) is 125 cm³/mol. The molecular weight excluding hydrogens is 428 g/mol. The van der Waals surface area contributed by atoms with Gasteiger partial charge in [0.05, 0.1) is 13.3 Å². The van der Waals surface area contributed by atoms with Crippen LogP contribution in [0.2, 0.25) is 5.02 Å². The summed E-state index contributed by atoms with van der Waals surface area (Å²) in [6.45, 7) is 1.94. The van der Waals surface area contributed by atoms with Gasteiger partial charge in [-0.25, -0.2) is 10.2 Å². The molecule has 0 aromatic heterocycles. The highest BCUT2D eigenvalue weighted by molar-refractivity contribution is 6.31. The molecule has 0 spiro atoms. The van der Waals surface area contributed by atoms with Crippen molar-refractivity contribution in [3.05, 3.63) is 100 Å². The monoisotopic (exact) mass is 448 g/mol. The topological polar surface area (TPSA) is 77.0 Å². The van der Waals surface area contributed by atoms with Gasteiger partial charge in [-0.2, -0.15) is 5.10 Å². The maximum atomic E-state index is 12.3. The lowest BCUT2D eigenvalue weighted by Gasteiger charge is -2.06. The highest BCUT2D eigenvalue weighted by atomic mass is 35.5. The van der Waals surface area contributed by atoms with E-state index in [2.05, 4.69) is 10.5 Å². The molecule has 3 aromatic rings. The Labute approximate surface area is 191 Å². The van der Waals surface area contributed by atoms with Crippen LogP contribution in [0.25, 0.3) is 6.08 Å². The molecule has 32 heavy (non-hydrogen) atoms. The molecule has 162 valence electrons. The van der Waals surface area contributed by atoms with Crippen molar-refractivity contribution in [3.63, 3.8) is 0 Å². The fraction of sp³-hybridized carbons (Fsp3) is 0.0800. The van der Waals surface area contributed by atoms with Gasteiger partial charge < -0.3 is 9.47 Å². The van der Waals surface area contributed by atoms with Crippen LogP contribution in [-0.2, 0) is 4.79 Å². The Morgan fingerprint density at radius 3 is 2.41 bits per heavy atom. The van der Waals surface area contributed by atoms with Gasteiger partial charge in [-0.3, -0.25) is 4.79 Å². The van der Waals surface area contributed by atoms with Crippen molar-refractivity contribution >= 4 is 35.8 Å². The van der Waals surface area contributed by atoms with E-state index in [1.807, 2.05) is 31.2 Å². The largest absolute Gasteiger partial charge is 0.497 e. The van der Waals surface area contributed by atoms with Crippen molar-refractivity contribution in [2.75, 3.05) is 7.11 Å². The number of nitrogens with zero attached hydrogens (tertiary/aromatic N) is 1. The first-order chi connectivity index (χ1) is 15.4. The van der Waals surface area contributed by atoms with E-state index in [-0.39, 0.29) is 11.7 Å². The summed E-state index contributed by atoms with van der Waals surface area (Å²) in [5, 5.41) is 4.39. The van der Waals surface area contributed by atoms with Crippen molar-refractivity contribution < 1.29 is 19.1 Å². The number of hydrogen-bond donors (Lipinski definition) is 1. The Hall–Kier alpha value is -3.90. The van der Waals surface area contributed by atoms with Gasteiger partial charge in [0.15, 0.2) is 0 Å². The number of halogens is 1. The van der Waals surface area contributed by atoms with Gasteiger partial charge in [-0.1, -0.05) is 41.4 Å². The van der Waals surface area contributed by atoms with Crippen LogP contribution in [0.1, 0.15) is 27.0 Å². The van der Waals surface area contributed by atoms with Gasteiger partial charge in [-0.05, 0) is 61.0 Å². The Bertz CT molecular complexity index is 1150. The minimum atomic E-state index is -0.568. The van der Waals surface area contributed by atoms with Crippen molar-refractivity contribution in [3.8, 4) is 11.5 Å². The molecule has 1 amide bonds. The van der Waals surface area contributed by atoms with Crippen LogP contribution in [0.5, 0.6) is 11.5 Å². The second kappa shape index (κ2) is 10.9. The smallest absolute Gasteiger partial charge is 0.336 e. The highest BCUT2D eigenvalue weighted by Gasteiger charge is 2.08. The molecule has 0 bridgehead atoms. The number of benzene rings is 3. The maximum absolute atomic E-state index is 12.3. The molecule has 3 rings (SSSR count). The SMILES string of the molecule is COc1ccc(/C=C/C(=O)Oc2ccc(Cl)cc2/C=N/NC(=O)c2ccc(C)cc2)cc1. The first-order valence-corrected chi connectivity index (χ1v) is 10.1. The molecular formula is C25H21ClN2O4. The average molecular weight is 449 g/mol. The van der Waals surface area contributed by atoms with Crippen LogP contribution in [-0.4, -0.2) is 25.2 Å². The minimum absolute atomic E-state index is 0.257. The molecule has 3 aromatic carbocycles. The van der Waals surface area contributed by atoms with E-state index >= 15 is 0 Å². The van der Waals surface area contributed by atoms with Crippen LogP contribution in [0.4, 0.5) is 0 Å². The number of esters is 1. The van der Waals surface area contributed by atoms with Gasteiger partial charge in [0.25, 0.3) is 5.91 Å². The average Bonchev–Trinajstić information content (AvgIpc) is 2.80. The number of carbonyl (C=O) groups excluding carboxylic acids is 2. The molecule has 7 heteroatoms. The fourth-order valence-electron chi connectivity index (χ4n) is 2.66. The quantitative estimate of drug-likeness (QED) is 0.180. The Morgan fingerprint density at radius 2 is 1.72 bits per heavy atom. The molecule has 0 aliphatic carbocycles. The zero-order valence-electron chi connectivity index (χ0n) is 17.5. The number of ether oxygens (including phenoxy) is 2. The number of carbonyl (C=O) groups is 2. The lowest BCUT2D eigenvalue weighted by atomic mass is 10.1. The zero-order valence-corrected chi connectivity index (χ0v) is 18.3. The molecule has 0 aliphatic rings. The summed E-state index contributed by atoms with van der Waals surface area (Å²) < 4.78 is 10.5. The third-order valence-corrected chi connectivity index (χ3v) is 4.63. The van der Waals surface area contributed by atoms with Crippen molar-refractivity contribution in [2.24, 2.45) is 5.10 Å². The standard InChI is InChI=1S/C25H21ClN2O4/c1-17-3-8-19(9-4-17)25(30)28-27-16-20-15-21(26)10-13-23(20)32-24(29)14-7-18-5-11-22(31-2)12-6-18/h3-16H,1-2H3,(H,28,30)/b14-7+,27-16+. The maximum Gasteiger partial charge on any atom is 0.336 e. The molecule has 0 radical (unpaired) electrons. The molecule has 0 fully saturated rings. The summed E-state index contributed by atoms with van der Waals surface area (Å²) in [6, 6.07) is 19.1. The summed E-state index contributed by atoms with van der Waals surface area (Å²) >= 11 is 6.06.